The third-order valence-electron chi connectivity index (χ3n) is 29.9. The molecule has 0 saturated heterocycles. The Balaban J connectivity index is 0.0000102. The molecule has 0 N–H and O–H groups in total. The van der Waals surface area contributed by atoms with Crippen LogP contribution in [-0.2, 0) is 19.5 Å². The monoisotopic (exact) mass is 1930 g/mol. The van der Waals surface area contributed by atoms with Gasteiger partial charge in [-0.2, -0.15) is 0 Å². The van der Waals surface area contributed by atoms with Crippen LogP contribution < -0.4 is 50.0 Å². The average molecular weight is 1930 g/mol. The zero-order valence-corrected chi connectivity index (χ0v) is 83.4. The van der Waals surface area contributed by atoms with Gasteiger partial charge in [-0.15, -0.1) is 0 Å². The number of hydrogen-bond acceptors (Lipinski definition) is 14. The Morgan fingerprint density at radius 3 is 0.469 bits per heavy atom. The van der Waals surface area contributed by atoms with Crippen molar-refractivity contribution in [2.45, 2.75) is 0 Å². The number of rotatable bonds is 16. The van der Waals surface area contributed by atoms with Crippen molar-refractivity contribution in [3.63, 3.8) is 0 Å². The minimum Gasteiger partial charge on any atom is -0.357 e. The zero-order chi connectivity index (χ0) is 95.9. The second-order valence-electron chi connectivity index (χ2n) is 37.4. The number of para-hydroxylation sites is 8. The van der Waals surface area contributed by atoms with Crippen LogP contribution in [0.3, 0.4) is 0 Å². The zero-order valence-electron chi connectivity index (χ0n) is 80.4. The van der Waals surface area contributed by atoms with Crippen molar-refractivity contribution in [1.29, 1.82) is 0 Å². The van der Waals surface area contributed by atoms with E-state index < -0.39 is 0 Å². The SMILES string of the molecule is CN(c1c2c(c(N(C)n3ccc4ccccc43)c3ccccc13)-c1nc-2nc2[n-]c(nc3nc(nc4[n-]c(n1)c1c(N(C)n5ccc6ccccc65)c5ccccc5c(N(C)n5ccc6ccccc65)c41)-c1c-3c(N(C)n3ccc4ccccc43)c3ccccc3c1N(C)n1ccc3ccccc31)c1c(N(C)n3ccc4ccccc43)c3ccccc3c(N(C)n3ccc4ccccc43)c21)n1ccc2ccccc21.[Zn+2]. The summed E-state index contributed by atoms with van der Waals surface area (Å²) in [6, 6.07) is 121. The van der Waals surface area contributed by atoms with Gasteiger partial charge in [0.1, 0.15) is 0 Å². The number of hydrogen-bond donors (Lipinski definition) is 0. The summed E-state index contributed by atoms with van der Waals surface area (Å²) in [5.74, 6) is 1.27. The molecule has 145 heavy (non-hydrogen) atoms. The summed E-state index contributed by atoms with van der Waals surface area (Å²) in [4.78, 5) is 51.2. The summed E-state index contributed by atoms with van der Waals surface area (Å²) in [7, 11) is 17.2. The molecule has 13 heterocycles. The van der Waals surface area contributed by atoms with Crippen LogP contribution in [0.1, 0.15) is 0 Å². The maximum atomic E-state index is 6.48. The van der Waals surface area contributed by atoms with Gasteiger partial charge in [-0.25, -0.2) is 9.97 Å². The van der Waals surface area contributed by atoms with E-state index in [0.717, 1.165) is 176 Å². The molecule has 0 amide bonds. The summed E-state index contributed by atoms with van der Waals surface area (Å²) < 4.78 is 17.9. The van der Waals surface area contributed by atoms with Gasteiger partial charge in [0, 0.05) is 259 Å². The van der Waals surface area contributed by atoms with Gasteiger partial charge >= 0.3 is 19.5 Å². The normalized spacial score (nSPS) is 12.1. The Bertz CT molecular complexity index is 9170. The fraction of sp³-hybridized carbons (Fsp3) is 0.0667. The smallest absolute Gasteiger partial charge is 0.357 e. The molecular weight excluding hydrogens is 1840 g/mol. The topological polar surface area (TPSA) is 171 Å². The Morgan fingerprint density at radius 2 is 0.303 bits per heavy atom. The number of fused-ring (bicyclic) bond motifs is 32. The molecule has 27 aromatic rings. The predicted molar refractivity (Wildman–Crippen MR) is 590 cm³/mol. The third kappa shape index (κ3) is 12.3. The molecule has 2 aliphatic heterocycles. The van der Waals surface area contributed by atoms with E-state index in [0.29, 0.717) is 89.7 Å². The van der Waals surface area contributed by atoms with Gasteiger partial charge in [-0.05, 0) is 97.1 Å². The molecule has 0 saturated carbocycles. The van der Waals surface area contributed by atoms with E-state index in [9.17, 15) is 0 Å². The van der Waals surface area contributed by atoms with Crippen LogP contribution in [0, 0.1) is 0 Å². The summed E-state index contributed by atoms with van der Waals surface area (Å²) in [5.41, 5.74) is 18.2. The molecule has 0 spiro atoms. The Labute approximate surface area is 842 Å². The Hall–Kier alpha value is -18.7. The van der Waals surface area contributed by atoms with Gasteiger partial charge < -0.3 is 29.9 Å². The quantitative estimate of drug-likeness (QED) is 0.0660. The number of benzene rings is 16. The number of anilines is 8. The molecule has 690 valence electrons. The molecule has 2 aliphatic rings. The van der Waals surface area contributed by atoms with Crippen molar-refractivity contribution in [1.82, 2.24) is 77.3 Å². The fourth-order valence-electron chi connectivity index (χ4n) is 23.4. The van der Waals surface area contributed by atoms with Gasteiger partial charge in [-0.1, -0.05) is 243 Å². The fourth-order valence-corrected chi connectivity index (χ4v) is 23.4. The summed E-state index contributed by atoms with van der Waals surface area (Å²) in [6.07, 6.45) is 17.2. The van der Waals surface area contributed by atoms with Gasteiger partial charge in [0.15, 0.2) is 0 Å². The van der Waals surface area contributed by atoms with Crippen LogP contribution in [0.2, 0.25) is 0 Å². The van der Waals surface area contributed by atoms with Gasteiger partial charge in [-0.3, -0.25) is 77.5 Å². The van der Waals surface area contributed by atoms with Gasteiger partial charge in [0.25, 0.3) is 0 Å². The van der Waals surface area contributed by atoms with E-state index in [2.05, 4.69) is 523 Å². The standard InChI is InChI=1S/C120H88N24.Zn/c1-129(137-65-57-73-33-9-25-49-89(73)137)105-81-41-17-18-42-82(81)106(130(2)138-66-58-74-34-10-26-50-90(74)138)98-97(105)113-121-114(98)126-116-101-102(110(134(6)142-70-62-78-38-14-30-54-94(78)142)86-46-22-21-45-85(86)109(101)133(5)141-69-61-77-37-13-29-53-93(77)141)118(123-116)128-120-104-103(111(135(7)143-71-63-79-39-15-31-55-95(79)143)87-47-23-24-48-88(87)112(104)136(8)144-72-64-80-40-16-32-56-96(80)144)119(124-120)127-117-100-99(115(122-117)125-113)107(131(3)139-67-59-75-35-11-27-51-91(75)139)83-43-19-20-44-84(83)108(100)132(4)140-68-60-76-36-12-28-52-92(76)140;/h9-72H,1-8H3;/q-2;+2. The molecule has 0 unspecified atom stereocenters. The van der Waals surface area contributed by atoms with E-state index in [4.69, 9.17) is 39.9 Å². The summed E-state index contributed by atoms with van der Waals surface area (Å²) in [5, 5.41) is 36.5. The predicted octanol–water partition coefficient (Wildman–Crippen LogP) is 25.6. The summed E-state index contributed by atoms with van der Waals surface area (Å²) >= 11 is 0. The molecule has 8 bridgehead atoms. The first kappa shape index (κ1) is 84.3. The molecule has 0 aliphatic carbocycles. The van der Waals surface area contributed by atoms with Crippen LogP contribution in [0.15, 0.2) is 389 Å². The number of aromatic nitrogens is 16. The average Bonchev–Trinajstić information content (AvgIpc) is 1.55. The molecule has 24 nitrogen and oxygen atoms in total. The molecule has 0 fully saturated rings. The maximum Gasteiger partial charge on any atom is 2.00 e. The minimum atomic E-state index is 0. The second kappa shape index (κ2) is 32.2. The van der Waals surface area contributed by atoms with E-state index in [1.165, 1.54) is 0 Å². The van der Waals surface area contributed by atoms with E-state index in [1.54, 1.807) is 0 Å². The minimum absolute atomic E-state index is 0. The van der Waals surface area contributed by atoms with Crippen LogP contribution >= 0.6 is 0 Å². The van der Waals surface area contributed by atoms with E-state index >= 15 is 0 Å². The summed E-state index contributed by atoms with van der Waals surface area (Å²) in [6.45, 7) is 0. The third-order valence-corrected chi connectivity index (χ3v) is 29.9. The molecule has 0 atom stereocenters. The van der Waals surface area contributed by atoms with E-state index in [1.807, 2.05) is 0 Å². The van der Waals surface area contributed by atoms with E-state index in [-0.39, 0.29) is 19.5 Å². The number of nitrogens with zero attached hydrogens (tertiary/aromatic N) is 24. The molecule has 0 radical (unpaired) electrons. The van der Waals surface area contributed by atoms with Crippen molar-refractivity contribution >= 4 is 220 Å². The second-order valence-corrected chi connectivity index (χ2v) is 37.4. The Kier molecular flexibility index (Phi) is 18.7. The Morgan fingerprint density at radius 1 is 0.166 bits per heavy atom. The first-order chi connectivity index (χ1) is 70.8. The van der Waals surface area contributed by atoms with Crippen LogP contribution in [0.5, 0.6) is 0 Å². The van der Waals surface area contributed by atoms with Crippen LogP contribution in [-0.4, -0.2) is 124 Å². The van der Waals surface area contributed by atoms with Crippen LogP contribution in [0.4, 0.5) is 45.5 Å². The largest absolute Gasteiger partial charge is 2.00 e. The molecule has 16 aromatic carbocycles. The van der Waals surface area contributed by atoms with Crippen molar-refractivity contribution < 1.29 is 19.5 Å². The van der Waals surface area contributed by atoms with Crippen molar-refractivity contribution in [3.05, 3.63) is 389 Å². The molecule has 11 aromatic heterocycles. The van der Waals surface area contributed by atoms with Crippen molar-refractivity contribution in [2.24, 2.45) is 0 Å². The van der Waals surface area contributed by atoms with Crippen molar-refractivity contribution in [2.75, 3.05) is 96.5 Å². The van der Waals surface area contributed by atoms with Gasteiger partial charge in [0.05, 0.1) is 113 Å². The molecule has 29 rings (SSSR count). The molecular formula is C120H88N24Zn. The molecule has 25 heteroatoms. The first-order valence-corrected chi connectivity index (χ1v) is 48.3. The first-order valence-electron chi connectivity index (χ1n) is 48.3. The van der Waals surface area contributed by atoms with Gasteiger partial charge in [0.2, 0.25) is 0 Å². The van der Waals surface area contributed by atoms with Crippen molar-refractivity contribution in [3.8, 4) is 45.6 Å². The maximum absolute atomic E-state index is 6.48. The van der Waals surface area contributed by atoms with Crippen LogP contribution in [0.25, 0.3) is 220 Å².